The van der Waals surface area contributed by atoms with E-state index in [1.165, 1.54) is 19.2 Å². The second-order valence-electron chi connectivity index (χ2n) is 3.89. The molecule has 0 heterocycles. The van der Waals surface area contributed by atoms with Gasteiger partial charge in [0.25, 0.3) is 5.91 Å². The van der Waals surface area contributed by atoms with Crippen molar-refractivity contribution in [3.05, 3.63) is 21.6 Å². The van der Waals surface area contributed by atoms with E-state index in [2.05, 4.69) is 21.2 Å². The molecule has 0 aromatic heterocycles. The van der Waals surface area contributed by atoms with E-state index in [1.807, 2.05) is 0 Å². The predicted molar refractivity (Wildman–Crippen MR) is 80.9 cm³/mol. The molecule has 3 N–H and O–H groups in total. The summed E-state index contributed by atoms with van der Waals surface area (Å²) in [5.74, 6) is -0.601. The molecule has 0 aliphatic carbocycles. The number of nitrogens with one attached hydrogen (secondary N) is 1. The Balaban J connectivity index is 2.86. The molecule has 0 saturated heterocycles. The van der Waals surface area contributed by atoms with E-state index in [1.54, 1.807) is 0 Å². The summed E-state index contributed by atoms with van der Waals surface area (Å²) in [7, 11) is -2.54. The molecule has 0 aliphatic heterocycles. The zero-order valence-electron chi connectivity index (χ0n) is 11.1. The lowest BCUT2D eigenvalue weighted by Crippen LogP contribution is -2.31. The highest BCUT2D eigenvalue weighted by molar-refractivity contribution is 9.10. The first-order valence-electron chi connectivity index (χ1n) is 5.66. The van der Waals surface area contributed by atoms with Crippen molar-refractivity contribution < 1.29 is 22.7 Å². The average Bonchev–Trinajstić information content (AvgIpc) is 2.36. The predicted octanol–water partition coefficient (Wildman–Crippen LogP) is 0.891. The monoisotopic (exact) mass is 400 g/mol. The summed E-state index contributed by atoms with van der Waals surface area (Å²) in [4.78, 5) is 11.2. The molecule has 0 aliphatic rings. The molecule has 0 bridgehead atoms. The lowest BCUT2D eigenvalue weighted by Gasteiger charge is -2.12. The summed E-state index contributed by atoms with van der Waals surface area (Å²) < 4.78 is 33.4. The average molecular weight is 402 g/mol. The summed E-state index contributed by atoms with van der Waals surface area (Å²) in [6.07, 6.45) is 0. The molecule has 0 saturated carbocycles. The highest BCUT2D eigenvalue weighted by atomic mass is 79.9. The summed E-state index contributed by atoms with van der Waals surface area (Å²) in [5, 5.41) is 7.64. The number of primary sulfonamides is 1. The van der Waals surface area contributed by atoms with Gasteiger partial charge in [0, 0.05) is 18.1 Å². The van der Waals surface area contributed by atoms with E-state index in [0.717, 1.165) is 0 Å². The third-order valence-corrected chi connectivity index (χ3v) is 3.91. The number of halogens is 2. The fourth-order valence-corrected chi connectivity index (χ4v) is 3.16. The summed E-state index contributed by atoms with van der Waals surface area (Å²) in [5.41, 5.74) is 0. The molecular weight excluding hydrogens is 388 g/mol. The third-order valence-electron chi connectivity index (χ3n) is 2.26. The van der Waals surface area contributed by atoms with Crippen molar-refractivity contribution in [2.24, 2.45) is 5.14 Å². The van der Waals surface area contributed by atoms with Gasteiger partial charge < -0.3 is 14.8 Å². The first kappa shape index (κ1) is 18.2. The van der Waals surface area contributed by atoms with E-state index in [0.29, 0.717) is 17.6 Å². The van der Waals surface area contributed by atoms with E-state index < -0.39 is 22.5 Å². The standard InChI is InChI=1S/C11H14BrClN2O5S/c1-19-3-2-15-10(16)6-20-11-8(13)4-7(12)5-9(11)21(14,17)18/h4-5H,2-3,6H2,1H3,(H,15,16)(H2,14,17,18). The summed E-state index contributed by atoms with van der Waals surface area (Å²) >= 11 is 9.03. The van der Waals surface area contributed by atoms with Crippen LogP contribution < -0.4 is 15.2 Å². The minimum atomic E-state index is -4.04. The van der Waals surface area contributed by atoms with Gasteiger partial charge in [-0.2, -0.15) is 0 Å². The Morgan fingerprint density at radius 3 is 2.71 bits per heavy atom. The first-order chi connectivity index (χ1) is 9.75. The van der Waals surface area contributed by atoms with Crippen LogP contribution in [-0.2, 0) is 19.6 Å². The quantitative estimate of drug-likeness (QED) is 0.660. The number of hydrogen-bond acceptors (Lipinski definition) is 5. The largest absolute Gasteiger partial charge is 0.481 e. The van der Waals surface area contributed by atoms with Crippen molar-refractivity contribution >= 4 is 43.5 Å². The molecule has 7 nitrogen and oxygen atoms in total. The molecule has 1 rings (SSSR count). The molecule has 0 atom stereocenters. The first-order valence-corrected chi connectivity index (χ1v) is 8.37. The topological polar surface area (TPSA) is 108 Å². The zero-order valence-corrected chi connectivity index (χ0v) is 14.2. The number of carbonyl (C=O) groups excluding carboxylic acids is 1. The lowest BCUT2D eigenvalue weighted by atomic mass is 10.3. The second kappa shape index (κ2) is 7.95. The molecule has 0 fully saturated rings. The number of hydrogen-bond donors (Lipinski definition) is 2. The number of ether oxygens (including phenoxy) is 2. The third kappa shape index (κ3) is 5.79. The second-order valence-corrected chi connectivity index (χ2v) is 6.74. The van der Waals surface area contributed by atoms with Crippen molar-refractivity contribution in [2.45, 2.75) is 4.90 Å². The van der Waals surface area contributed by atoms with Crippen molar-refractivity contribution in [1.29, 1.82) is 0 Å². The molecule has 0 spiro atoms. The fourth-order valence-electron chi connectivity index (χ4n) is 1.37. The Hall–Kier alpha value is -0.870. The van der Waals surface area contributed by atoms with Gasteiger partial charge in [0.1, 0.15) is 4.90 Å². The van der Waals surface area contributed by atoms with Gasteiger partial charge in [0.15, 0.2) is 12.4 Å². The normalized spacial score (nSPS) is 11.2. The van der Waals surface area contributed by atoms with E-state index >= 15 is 0 Å². The van der Waals surface area contributed by atoms with E-state index in [4.69, 9.17) is 26.2 Å². The summed E-state index contributed by atoms with van der Waals surface area (Å²) in [6.45, 7) is 0.273. The van der Waals surface area contributed by atoms with Gasteiger partial charge in [0.2, 0.25) is 10.0 Å². The van der Waals surface area contributed by atoms with E-state index in [-0.39, 0.29) is 15.7 Å². The Morgan fingerprint density at radius 2 is 2.14 bits per heavy atom. The molecule has 1 amide bonds. The van der Waals surface area contributed by atoms with Crippen LogP contribution in [0.1, 0.15) is 0 Å². The number of amides is 1. The van der Waals surface area contributed by atoms with Gasteiger partial charge in [-0.3, -0.25) is 4.79 Å². The minimum absolute atomic E-state index is 0.0260. The number of nitrogens with two attached hydrogens (primary N) is 1. The van der Waals surface area contributed by atoms with Crippen LogP contribution in [0.3, 0.4) is 0 Å². The molecular formula is C11H14BrClN2O5S. The molecule has 1 aromatic rings. The number of rotatable bonds is 7. The van der Waals surface area contributed by atoms with Crippen LogP contribution in [0, 0.1) is 0 Å². The zero-order chi connectivity index (χ0) is 16.0. The molecule has 10 heteroatoms. The van der Waals surface area contributed by atoms with Crippen LogP contribution in [0.25, 0.3) is 0 Å². The van der Waals surface area contributed by atoms with E-state index in [9.17, 15) is 13.2 Å². The molecule has 0 radical (unpaired) electrons. The Kier molecular flexibility index (Phi) is 6.88. The van der Waals surface area contributed by atoms with Gasteiger partial charge in [-0.25, -0.2) is 13.6 Å². The van der Waals surface area contributed by atoms with Gasteiger partial charge in [-0.1, -0.05) is 27.5 Å². The maximum Gasteiger partial charge on any atom is 0.258 e. The number of carbonyl (C=O) groups is 1. The highest BCUT2D eigenvalue weighted by Crippen LogP contribution is 2.34. The highest BCUT2D eigenvalue weighted by Gasteiger charge is 2.20. The van der Waals surface area contributed by atoms with Crippen molar-refractivity contribution in [3.63, 3.8) is 0 Å². The molecule has 21 heavy (non-hydrogen) atoms. The molecule has 118 valence electrons. The van der Waals surface area contributed by atoms with Crippen LogP contribution in [0.2, 0.25) is 5.02 Å². The van der Waals surface area contributed by atoms with Gasteiger partial charge in [-0.15, -0.1) is 0 Å². The Bertz CT molecular complexity index is 623. The van der Waals surface area contributed by atoms with Crippen molar-refractivity contribution in [1.82, 2.24) is 5.32 Å². The van der Waals surface area contributed by atoms with Gasteiger partial charge in [-0.05, 0) is 12.1 Å². The van der Waals surface area contributed by atoms with Crippen molar-refractivity contribution in [2.75, 3.05) is 26.9 Å². The van der Waals surface area contributed by atoms with Crippen LogP contribution in [-0.4, -0.2) is 41.2 Å². The van der Waals surface area contributed by atoms with Gasteiger partial charge >= 0.3 is 0 Å². The SMILES string of the molecule is COCCNC(=O)COc1c(Cl)cc(Br)cc1S(N)(=O)=O. The number of sulfonamides is 1. The Labute approximate surface area is 135 Å². The van der Waals surface area contributed by atoms with Crippen molar-refractivity contribution in [3.8, 4) is 5.75 Å². The van der Waals surface area contributed by atoms with Crippen LogP contribution >= 0.6 is 27.5 Å². The maximum absolute atomic E-state index is 11.5. The molecule has 0 unspecified atom stereocenters. The lowest BCUT2D eigenvalue weighted by molar-refractivity contribution is -0.123. The van der Waals surface area contributed by atoms with Crippen LogP contribution in [0.5, 0.6) is 5.75 Å². The minimum Gasteiger partial charge on any atom is -0.481 e. The number of benzene rings is 1. The fraction of sp³-hybridized carbons (Fsp3) is 0.364. The summed E-state index contributed by atoms with van der Waals surface area (Å²) in [6, 6.07) is 2.69. The van der Waals surface area contributed by atoms with Crippen LogP contribution in [0.15, 0.2) is 21.5 Å². The van der Waals surface area contributed by atoms with Gasteiger partial charge in [0.05, 0.1) is 11.6 Å². The Morgan fingerprint density at radius 1 is 1.48 bits per heavy atom. The number of methoxy groups -OCH3 is 1. The molecule has 1 aromatic carbocycles. The smallest absolute Gasteiger partial charge is 0.258 e. The maximum atomic E-state index is 11.5. The van der Waals surface area contributed by atoms with Crippen LogP contribution in [0.4, 0.5) is 0 Å².